The lowest BCUT2D eigenvalue weighted by Gasteiger charge is -2.14. The summed E-state index contributed by atoms with van der Waals surface area (Å²) in [6, 6.07) is 23.7. The summed E-state index contributed by atoms with van der Waals surface area (Å²) in [6.07, 6.45) is 1.67. The van der Waals surface area contributed by atoms with E-state index in [-0.39, 0.29) is 11.8 Å². The second-order valence-corrected chi connectivity index (χ2v) is 6.53. The Balaban J connectivity index is 1.67. The first-order valence-electron chi connectivity index (χ1n) is 8.89. The van der Waals surface area contributed by atoms with Crippen molar-refractivity contribution in [2.75, 3.05) is 7.11 Å². The number of hydrogen-bond acceptors (Lipinski definition) is 3. The summed E-state index contributed by atoms with van der Waals surface area (Å²) in [5.41, 5.74) is 2.74. The number of rotatable bonds is 4. The summed E-state index contributed by atoms with van der Waals surface area (Å²) in [5, 5.41) is 6.44. The Bertz CT molecular complexity index is 1100. The SMILES string of the molecule is COc1ccc2cc([C@H](C)C(=O)n3nccc3-c3ccccc3)ccc2c1. The van der Waals surface area contributed by atoms with Crippen LogP contribution in [0.2, 0.25) is 0 Å². The molecule has 4 aromatic rings. The van der Waals surface area contributed by atoms with Gasteiger partial charge in [-0.05, 0) is 41.5 Å². The first kappa shape index (κ1) is 17.0. The minimum atomic E-state index is -0.307. The van der Waals surface area contributed by atoms with E-state index in [1.807, 2.05) is 73.7 Å². The Hall–Kier alpha value is -3.40. The summed E-state index contributed by atoms with van der Waals surface area (Å²) in [7, 11) is 1.66. The van der Waals surface area contributed by atoms with Crippen LogP contribution in [0.1, 0.15) is 23.2 Å². The molecule has 134 valence electrons. The van der Waals surface area contributed by atoms with Gasteiger partial charge in [0.15, 0.2) is 0 Å². The standard InChI is InChI=1S/C23H20N2O2/c1-16(18-8-9-20-15-21(27-2)11-10-19(20)14-18)23(26)25-22(12-13-24-25)17-6-4-3-5-7-17/h3-16H,1-2H3/t16-/m0/s1. The van der Waals surface area contributed by atoms with Gasteiger partial charge < -0.3 is 4.74 Å². The van der Waals surface area contributed by atoms with Crippen molar-refractivity contribution in [3.63, 3.8) is 0 Å². The van der Waals surface area contributed by atoms with Crippen LogP contribution in [0.15, 0.2) is 79.0 Å². The molecule has 0 aliphatic carbocycles. The summed E-state index contributed by atoms with van der Waals surface area (Å²) in [4.78, 5) is 13.1. The van der Waals surface area contributed by atoms with Gasteiger partial charge in [0, 0.05) is 5.56 Å². The van der Waals surface area contributed by atoms with Crippen molar-refractivity contribution in [2.45, 2.75) is 12.8 Å². The fourth-order valence-electron chi connectivity index (χ4n) is 3.27. The third kappa shape index (κ3) is 3.22. The van der Waals surface area contributed by atoms with Gasteiger partial charge in [0.2, 0.25) is 0 Å². The molecule has 0 spiro atoms. The minimum Gasteiger partial charge on any atom is -0.497 e. The quantitative estimate of drug-likeness (QED) is 0.507. The molecular weight excluding hydrogens is 336 g/mol. The van der Waals surface area contributed by atoms with Crippen LogP contribution in [-0.4, -0.2) is 22.8 Å². The molecule has 1 atom stereocenters. The molecule has 0 aliphatic heterocycles. The van der Waals surface area contributed by atoms with Crippen LogP contribution >= 0.6 is 0 Å². The highest BCUT2D eigenvalue weighted by Gasteiger charge is 2.21. The number of hydrogen-bond donors (Lipinski definition) is 0. The van der Waals surface area contributed by atoms with E-state index < -0.39 is 0 Å². The van der Waals surface area contributed by atoms with Gasteiger partial charge in [-0.2, -0.15) is 9.78 Å². The van der Waals surface area contributed by atoms with E-state index in [1.54, 1.807) is 13.3 Å². The van der Waals surface area contributed by atoms with Crippen LogP contribution < -0.4 is 4.74 Å². The number of benzene rings is 3. The largest absolute Gasteiger partial charge is 0.497 e. The topological polar surface area (TPSA) is 44.1 Å². The van der Waals surface area contributed by atoms with Gasteiger partial charge in [0.1, 0.15) is 5.75 Å². The molecule has 4 rings (SSSR count). The second kappa shape index (κ2) is 7.08. The zero-order valence-electron chi connectivity index (χ0n) is 15.3. The highest BCUT2D eigenvalue weighted by Crippen LogP contribution is 2.27. The first-order chi connectivity index (χ1) is 13.2. The van der Waals surface area contributed by atoms with E-state index in [0.29, 0.717) is 0 Å². The normalized spacial score (nSPS) is 12.1. The number of methoxy groups -OCH3 is 1. The maximum absolute atomic E-state index is 13.1. The Morgan fingerprint density at radius 3 is 2.48 bits per heavy atom. The fourth-order valence-corrected chi connectivity index (χ4v) is 3.27. The van der Waals surface area contributed by atoms with Crippen molar-refractivity contribution in [2.24, 2.45) is 0 Å². The van der Waals surface area contributed by atoms with Crippen LogP contribution in [0, 0.1) is 0 Å². The van der Waals surface area contributed by atoms with E-state index in [1.165, 1.54) is 4.68 Å². The third-order valence-electron chi connectivity index (χ3n) is 4.86. The molecule has 27 heavy (non-hydrogen) atoms. The van der Waals surface area contributed by atoms with Crippen LogP contribution in [0.25, 0.3) is 22.0 Å². The number of carbonyl (C=O) groups excluding carboxylic acids is 1. The number of ether oxygens (including phenoxy) is 1. The van der Waals surface area contributed by atoms with E-state index in [4.69, 9.17) is 4.74 Å². The molecule has 4 nitrogen and oxygen atoms in total. The van der Waals surface area contributed by atoms with Gasteiger partial charge in [-0.3, -0.25) is 4.79 Å². The number of aromatic nitrogens is 2. The zero-order chi connectivity index (χ0) is 18.8. The number of nitrogens with zero attached hydrogens (tertiary/aromatic N) is 2. The lowest BCUT2D eigenvalue weighted by Crippen LogP contribution is -2.20. The van der Waals surface area contributed by atoms with Gasteiger partial charge in [0.05, 0.1) is 24.9 Å². The van der Waals surface area contributed by atoms with Crippen molar-refractivity contribution in [1.29, 1.82) is 0 Å². The van der Waals surface area contributed by atoms with Crippen LogP contribution in [0.5, 0.6) is 5.75 Å². The van der Waals surface area contributed by atoms with Crippen LogP contribution in [-0.2, 0) is 0 Å². The van der Waals surface area contributed by atoms with Crippen molar-refractivity contribution in [3.8, 4) is 17.0 Å². The maximum Gasteiger partial charge on any atom is 0.254 e. The monoisotopic (exact) mass is 356 g/mol. The molecule has 1 heterocycles. The maximum atomic E-state index is 13.1. The Morgan fingerprint density at radius 1 is 0.963 bits per heavy atom. The summed E-state index contributed by atoms with van der Waals surface area (Å²) >= 11 is 0. The van der Waals surface area contributed by atoms with Gasteiger partial charge >= 0.3 is 0 Å². The lowest BCUT2D eigenvalue weighted by molar-refractivity contribution is 0.0871. The molecule has 0 saturated carbocycles. The molecule has 0 N–H and O–H groups in total. The van der Waals surface area contributed by atoms with Gasteiger partial charge in [-0.1, -0.05) is 54.6 Å². The van der Waals surface area contributed by atoms with E-state index in [9.17, 15) is 4.79 Å². The Labute approximate surface area is 158 Å². The fraction of sp³-hybridized carbons (Fsp3) is 0.130. The molecule has 4 heteroatoms. The van der Waals surface area contributed by atoms with E-state index in [0.717, 1.165) is 33.3 Å². The second-order valence-electron chi connectivity index (χ2n) is 6.53. The molecule has 0 radical (unpaired) electrons. The lowest BCUT2D eigenvalue weighted by atomic mass is 9.97. The van der Waals surface area contributed by atoms with E-state index >= 15 is 0 Å². The molecule has 3 aromatic carbocycles. The highest BCUT2D eigenvalue weighted by atomic mass is 16.5. The number of carbonyl (C=O) groups is 1. The highest BCUT2D eigenvalue weighted by molar-refractivity contribution is 5.91. The van der Waals surface area contributed by atoms with Gasteiger partial charge in [-0.25, -0.2) is 0 Å². The third-order valence-corrected chi connectivity index (χ3v) is 4.86. The van der Waals surface area contributed by atoms with E-state index in [2.05, 4.69) is 11.2 Å². The number of fused-ring (bicyclic) bond motifs is 1. The summed E-state index contributed by atoms with van der Waals surface area (Å²) < 4.78 is 6.77. The predicted molar refractivity (Wildman–Crippen MR) is 107 cm³/mol. The van der Waals surface area contributed by atoms with Crippen molar-refractivity contribution < 1.29 is 9.53 Å². The average Bonchev–Trinajstić information content (AvgIpc) is 3.22. The summed E-state index contributed by atoms with van der Waals surface area (Å²) in [5.74, 6) is 0.467. The molecule has 0 amide bonds. The zero-order valence-corrected chi connectivity index (χ0v) is 15.3. The van der Waals surface area contributed by atoms with Gasteiger partial charge in [0.25, 0.3) is 5.91 Å². The van der Waals surface area contributed by atoms with Crippen molar-refractivity contribution >= 4 is 16.7 Å². The molecule has 0 aliphatic rings. The molecule has 0 unspecified atom stereocenters. The van der Waals surface area contributed by atoms with Crippen LogP contribution in [0.4, 0.5) is 0 Å². The molecule has 1 aromatic heterocycles. The first-order valence-corrected chi connectivity index (χ1v) is 8.89. The van der Waals surface area contributed by atoms with Crippen LogP contribution in [0.3, 0.4) is 0 Å². The smallest absolute Gasteiger partial charge is 0.254 e. The van der Waals surface area contributed by atoms with Gasteiger partial charge in [-0.15, -0.1) is 0 Å². The molecule has 0 bridgehead atoms. The van der Waals surface area contributed by atoms with Crippen molar-refractivity contribution in [3.05, 3.63) is 84.6 Å². The Morgan fingerprint density at radius 2 is 1.70 bits per heavy atom. The van der Waals surface area contributed by atoms with Crippen molar-refractivity contribution in [1.82, 2.24) is 9.78 Å². The molecule has 0 saturated heterocycles. The minimum absolute atomic E-state index is 0.0493. The average molecular weight is 356 g/mol. The molecular formula is C23H20N2O2. The summed E-state index contributed by atoms with van der Waals surface area (Å²) in [6.45, 7) is 1.92. The molecule has 0 fully saturated rings. The predicted octanol–water partition coefficient (Wildman–Crippen LogP) is 5.16. The Kier molecular flexibility index (Phi) is 4.47.